The van der Waals surface area contributed by atoms with Crippen molar-refractivity contribution in [2.75, 3.05) is 39.6 Å². The van der Waals surface area contributed by atoms with E-state index in [9.17, 15) is 43.2 Å². The van der Waals surface area contributed by atoms with Gasteiger partial charge in [0.05, 0.1) is 26.4 Å². The normalized spacial score (nSPS) is 13.9. The van der Waals surface area contributed by atoms with Crippen LogP contribution in [0.4, 0.5) is 0 Å². The molecular weight excluding hydrogens is 1280 g/mol. The summed E-state index contributed by atoms with van der Waals surface area (Å²) >= 11 is 0. The number of esters is 4. The Morgan fingerprint density at radius 3 is 0.694 bits per heavy atom. The molecule has 3 N–H and O–H groups in total. The van der Waals surface area contributed by atoms with Crippen LogP contribution in [-0.2, 0) is 65.4 Å². The van der Waals surface area contributed by atoms with E-state index >= 15 is 0 Å². The van der Waals surface area contributed by atoms with Gasteiger partial charge >= 0.3 is 39.5 Å². The van der Waals surface area contributed by atoms with Crippen molar-refractivity contribution in [1.29, 1.82) is 0 Å². The summed E-state index contributed by atoms with van der Waals surface area (Å²) in [6, 6.07) is 0. The van der Waals surface area contributed by atoms with E-state index in [-0.39, 0.29) is 25.7 Å². The van der Waals surface area contributed by atoms with Crippen LogP contribution in [0.2, 0.25) is 0 Å². The number of phosphoric ester groups is 2. The summed E-state index contributed by atoms with van der Waals surface area (Å²) in [4.78, 5) is 73.0. The molecule has 0 aliphatic heterocycles. The van der Waals surface area contributed by atoms with Gasteiger partial charge in [0.15, 0.2) is 12.2 Å². The first-order valence-electron chi connectivity index (χ1n) is 41.1. The lowest BCUT2D eigenvalue weighted by molar-refractivity contribution is -0.161. The minimum Gasteiger partial charge on any atom is -0.462 e. The maximum Gasteiger partial charge on any atom is 0.472 e. The van der Waals surface area contributed by atoms with E-state index in [0.717, 1.165) is 95.8 Å². The molecule has 0 heterocycles. The molecule has 0 aliphatic rings. The molecule has 19 heteroatoms. The molecule has 0 aromatic heterocycles. The molecule has 0 aromatic rings. The van der Waals surface area contributed by atoms with Gasteiger partial charge in [-0.05, 0) is 31.6 Å². The Balaban J connectivity index is 5.26. The monoisotopic (exact) mass is 1440 g/mol. The highest BCUT2D eigenvalue weighted by atomic mass is 31.2. The van der Waals surface area contributed by atoms with Gasteiger partial charge in [-0.1, -0.05) is 369 Å². The fourth-order valence-corrected chi connectivity index (χ4v) is 13.8. The third kappa shape index (κ3) is 72.4. The topological polar surface area (TPSA) is 237 Å². The van der Waals surface area contributed by atoms with E-state index in [0.29, 0.717) is 25.7 Å². The summed E-state index contributed by atoms with van der Waals surface area (Å²) < 4.78 is 68.7. The molecule has 0 saturated heterocycles. The maximum absolute atomic E-state index is 13.1. The summed E-state index contributed by atoms with van der Waals surface area (Å²) in [7, 11) is -9.92. The number of hydrogen-bond acceptors (Lipinski definition) is 15. The van der Waals surface area contributed by atoms with Crippen LogP contribution < -0.4 is 0 Å². The molecule has 0 bridgehead atoms. The average Bonchev–Trinajstić information content (AvgIpc) is 1.74. The largest absolute Gasteiger partial charge is 0.472 e. The van der Waals surface area contributed by atoms with Crippen molar-refractivity contribution in [3.63, 3.8) is 0 Å². The smallest absolute Gasteiger partial charge is 0.462 e. The quantitative estimate of drug-likeness (QED) is 0.0222. The van der Waals surface area contributed by atoms with E-state index < -0.39 is 97.5 Å². The molecule has 0 fully saturated rings. The van der Waals surface area contributed by atoms with Gasteiger partial charge in [-0.3, -0.25) is 37.3 Å². The van der Waals surface area contributed by atoms with Crippen LogP contribution in [-0.4, -0.2) is 96.7 Å². The lowest BCUT2D eigenvalue weighted by Gasteiger charge is -2.21. The van der Waals surface area contributed by atoms with Gasteiger partial charge < -0.3 is 33.8 Å². The third-order valence-electron chi connectivity index (χ3n) is 18.5. The molecule has 0 saturated carbocycles. The van der Waals surface area contributed by atoms with E-state index in [1.807, 2.05) is 0 Å². The standard InChI is InChI=1S/C79H154O17P2/c1-6-9-12-15-18-21-24-27-29-31-33-36-39-44-50-55-60-65-79(84)95-74(68-89-76(81)62-57-52-47-42-37-35-32-30-28-25-22-19-16-13-10-7-2)70-93-97(85,86)91-66-73(80)67-92-98(87,88)94-71-75(69-90-77(82)63-58-53-48-45-40-41-46-51-56-61-72(4)5)96-78(83)64-59-54-49-43-38-34-26-23-20-17-14-11-8-3/h72-75,80H,6-71H2,1-5H3,(H,85,86)(H,87,88)/t73-,74-,75-/m1/s1. The van der Waals surface area contributed by atoms with E-state index in [4.69, 9.17) is 37.0 Å². The minimum atomic E-state index is -4.96. The van der Waals surface area contributed by atoms with Gasteiger partial charge in [0.1, 0.15) is 19.3 Å². The fraction of sp³-hybridized carbons (Fsp3) is 0.949. The summed E-state index contributed by atoms with van der Waals surface area (Å²) in [5.41, 5.74) is 0. The number of unbranched alkanes of at least 4 members (excludes halogenated alkanes) is 51. The van der Waals surface area contributed by atoms with Gasteiger partial charge in [-0.25, -0.2) is 9.13 Å². The Labute approximate surface area is 600 Å². The molecule has 0 spiro atoms. The number of rotatable bonds is 79. The number of aliphatic hydroxyl groups excluding tert-OH is 1. The summed E-state index contributed by atoms with van der Waals surface area (Å²) in [6.45, 7) is 7.31. The van der Waals surface area contributed by atoms with Crippen LogP contribution in [0, 0.1) is 5.92 Å². The Bertz CT molecular complexity index is 1870. The van der Waals surface area contributed by atoms with Crippen LogP contribution in [0.3, 0.4) is 0 Å². The van der Waals surface area contributed by atoms with E-state index in [1.165, 1.54) is 244 Å². The molecule has 0 radical (unpaired) electrons. The van der Waals surface area contributed by atoms with Gasteiger partial charge in [0.25, 0.3) is 0 Å². The summed E-state index contributed by atoms with van der Waals surface area (Å²) in [5.74, 6) is -1.36. The van der Waals surface area contributed by atoms with E-state index in [2.05, 4.69) is 34.6 Å². The Morgan fingerprint density at radius 2 is 0.469 bits per heavy atom. The Kier molecular flexibility index (Phi) is 70.6. The van der Waals surface area contributed by atoms with Crippen LogP contribution in [0.25, 0.3) is 0 Å². The zero-order valence-electron chi connectivity index (χ0n) is 63.9. The first-order chi connectivity index (χ1) is 47.5. The number of carbonyl (C=O) groups is 4. The number of ether oxygens (including phenoxy) is 4. The lowest BCUT2D eigenvalue weighted by atomic mass is 10.0. The predicted molar refractivity (Wildman–Crippen MR) is 400 cm³/mol. The molecular formula is C79H154O17P2. The van der Waals surface area contributed by atoms with Gasteiger partial charge in [0, 0.05) is 25.7 Å². The summed E-state index contributed by atoms with van der Waals surface area (Å²) in [6.07, 6.45) is 62.3. The SMILES string of the molecule is CCCCCCCCCCCCCCCCCCCC(=O)O[C@H](COC(=O)CCCCCCCCCCCCCCCCCC)COP(=O)(O)OC[C@@H](O)COP(=O)(O)OC[C@@H](COC(=O)CCCCCCCCCCCC(C)C)OC(=O)CCCCCCCCCCCCCCC. The highest BCUT2D eigenvalue weighted by Gasteiger charge is 2.30. The van der Waals surface area contributed by atoms with Crippen LogP contribution in [0.5, 0.6) is 0 Å². The minimum absolute atomic E-state index is 0.108. The van der Waals surface area contributed by atoms with Crippen molar-refractivity contribution in [2.45, 2.75) is 438 Å². The zero-order valence-corrected chi connectivity index (χ0v) is 65.7. The first kappa shape index (κ1) is 96.1. The van der Waals surface area contributed by atoms with Gasteiger partial charge in [0.2, 0.25) is 0 Å². The maximum atomic E-state index is 13.1. The number of aliphatic hydroxyl groups is 1. The molecule has 0 aliphatic carbocycles. The number of carbonyl (C=O) groups excluding carboxylic acids is 4. The molecule has 582 valence electrons. The van der Waals surface area contributed by atoms with E-state index in [1.54, 1.807) is 0 Å². The Hall–Kier alpha value is -1.94. The first-order valence-corrected chi connectivity index (χ1v) is 44.1. The molecule has 2 unspecified atom stereocenters. The average molecular weight is 1440 g/mol. The van der Waals surface area contributed by atoms with Crippen LogP contribution >= 0.6 is 15.6 Å². The fourth-order valence-electron chi connectivity index (χ4n) is 12.2. The number of hydrogen-bond donors (Lipinski definition) is 3. The molecule has 98 heavy (non-hydrogen) atoms. The molecule has 0 aromatic carbocycles. The number of phosphoric acid groups is 2. The highest BCUT2D eigenvalue weighted by molar-refractivity contribution is 7.47. The second-order valence-electron chi connectivity index (χ2n) is 28.9. The second-order valence-corrected chi connectivity index (χ2v) is 31.8. The van der Waals surface area contributed by atoms with Crippen molar-refractivity contribution in [3.8, 4) is 0 Å². The van der Waals surface area contributed by atoms with Crippen molar-refractivity contribution in [3.05, 3.63) is 0 Å². The van der Waals surface area contributed by atoms with Gasteiger partial charge in [-0.15, -0.1) is 0 Å². The van der Waals surface area contributed by atoms with Crippen LogP contribution in [0.15, 0.2) is 0 Å². The Morgan fingerprint density at radius 1 is 0.276 bits per heavy atom. The van der Waals surface area contributed by atoms with Crippen molar-refractivity contribution in [2.24, 2.45) is 5.92 Å². The predicted octanol–water partition coefficient (Wildman–Crippen LogP) is 23.6. The molecule has 0 rings (SSSR count). The van der Waals surface area contributed by atoms with Crippen molar-refractivity contribution < 1.29 is 80.2 Å². The zero-order chi connectivity index (χ0) is 71.9. The highest BCUT2D eigenvalue weighted by Crippen LogP contribution is 2.45. The molecule has 5 atom stereocenters. The lowest BCUT2D eigenvalue weighted by Crippen LogP contribution is -2.30. The molecule has 17 nitrogen and oxygen atoms in total. The van der Waals surface area contributed by atoms with Crippen LogP contribution in [0.1, 0.15) is 420 Å². The van der Waals surface area contributed by atoms with Crippen molar-refractivity contribution >= 4 is 39.5 Å². The summed E-state index contributed by atoms with van der Waals surface area (Å²) in [5, 5.41) is 10.6. The molecule has 0 amide bonds. The van der Waals surface area contributed by atoms with Gasteiger partial charge in [-0.2, -0.15) is 0 Å². The van der Waals surface area contributed by atoms with Crippen molar-refractivity contribution in [1.82, 2.24) is 0 Å². The third-order valence-corrected chi connectivity index (χ3v) is 20.4. The second kappa shape index (κ2) is 72.0.